The number of rotatable bonds is 5. The van der Waals surface area contributed by atoms with Crippen molar-refractivity contribution in [3.63, 3.8) is 0 Å². The van der Waals surface area contributed by atoms with Crippen molar-refractivity contribution in [3.05, 3.63) is 46.7 Å². The minimum absolute atomic E-state index is 0.0765. The maximum Gasteiger partial charge on any atom is 0.325 e. The lowest BCUT2D eigenvalue weighted by Gasteiger charge is -2.35. The van der Waals surface area contributed by atoms with Gasteiger partial charge in [0.15, 0.2) is 5.82 Å². The second kappa shape index (κ2) is 8.86. The smallest absolute Gasteiger partial charge is 0.325 e. The van der Waals surface area contributed by atoms with Crippen LogP contribution in [-0.2, 0) is 4.79 Å². The predicted molar refractivity (Wildman–Crippen MR) is 131 cm³/mol. The van der Waals surface area contributed by atoms with Gasteiger partial charge >= 0.3 is 6.01 Å². The number of piperazine rings is 1. The molecule has 1 fully saturated rings. The van der Waals surface area contributed by atoms with Crippen molar-refractivity contribution in [1.82, 2.24) is 30.0 Å². The molecule has 5 rings (SSSR count). The van der Waals surface area contributed by atoms with Gasteiger partial charge in [0.1, 0.15) is 17.4 Å². The number of aryl methyl sites for hydroxylation is 2. The van der Waals surface area contributed by atoms with E-state index in [0.717, 1.165) is 22.3 Å². The number of nitrogens with one attached hydrogen (secondary N) is 3. The van der Waals surface area contributed by atoms with Crippen LogP contribution in [0.3, 0.4) is 0 Å². The van der Waals surface area contributed by atoms with Gasteiger partial charge in [0.2, 0.25) is 5.91 Å². The van der Waals surface area contributed by atoms with Crippen LogP contribution in [0.4, 0.5) is 17.5 Å². The molecule has 1 aliphatic rings. The van der Waals surface area contributed by atoms with Gasteiger partial charge in [-0.05, 0) is 32.0 Å². The van der Waals surface area contributed by atoms with Crippen molar-refractivity contribution >= 4 is 45.9 Å². The summed E-state index contributed by atoms with van der Waals surface area (Å²) in [5.74, 6) is 2.41. The highest BCUT2D eigenvalue weighted by Crippen LogP contribution is 2.36. The van der Waals surface area contributed by atoms with Crippen LogP contribution >= 0.6 is 11.6 Å². The van der Waals surface area contributed by atoms with Crippen LogP contribution in [0, 0.1) is 13.8 Å². The fourth-order valence-corrected chi connectivity index (χ4v) is 4.27. The molecule has 10 nitrogen and oxygen atoms in total. The third kappa shape index (κ3) is 4.49. The molecular weight excluding hydrogens is 456 g/mol. The number of H-pyrrole nitrogens is 2. The van der Waals surface area contributed by atoms with Gasteiger partial charge in [-0.3, -0.25) is 9.89 Å². The molecule has 0 saturated carbocycles. The van der Waals surface area contributed by atoms with Gasteiger partial charge < -0.3 is 24.8 Å². The van der Waals surface area contributed by atoms with Gasteiger partial charge in [-0.15, -0.1) is 0 Å². The molecule has 3 N–H and O–H groups in total. The quantitative estimate of drug-likeness (QED) is 0.393. The molecule has 0 radical (unpaired) electrons. The number of anilines is 3. The second-order valence-corrected chi connectivity index (χ2v) is 8.72. The van der Waals surface area contributed by atoms with E-state index in [1.54, 1.807) is 13.0 Å². The highest BCUT2D eigenvalue weighted by molar-refractivity contribution is 6.37. The van der Waals surface area contributed by atoms with Crippen molar-refractivity contribution in [2.24, 2.45) is 0 Å². The maximum absolute atomic E-state index is 11.7. The largest absolute Gasteiger partial charge is 0.423 e. The Morgan fingerprint density at radius 2 is 1.85 bits per heavy atom. The zero-order valence-electron chi connectivity index (χ0n) is 19.1. The lowest BCUT2D eigenvalue weighted by molar-refractivity contribution is -0.129. The Morgan fingerprint density at radius 3 is 2.56 bits per heavy atom. The molecule has 1 saturated heterocycles. The molecule has 1 aliphatic heterocycles. The lowest BCUT2D eigenvalue weighted by atomic mass is 10.2. The summed E-state index contributed by atoms with van der Waals surface area (Å²) in [5.41, 5.74) is 2.87. The van der Waals surface area contributed by atoms with Gasteiger partial charge in [-0.2, -0.15) is 15.1 Å². The Balaban J connectivity index is 1.47. The first-order valence-electron chi connectivity index (χ1n) is 11.0. The minimum Gasteiger partial charge on any atom is -0.423 e. The SMILES string of the molecule is CC(=O)N1CCN(c2cc(Nc3cc(C)[nH]n3)nc(Oc3ccc4[nH]c(C)cc4c3Cl)n2)CC1. The predicted octanol–water partition coefficient (Wildman–Crippen LogP) is 4.16. The van der Waals surface area contributed by atoms with E-state index in [2.05, 4.69) is 35.4 Å². The normalized spacial score (nSPS) is 14.0. The number of hydrogen-bond donors (Lipinski definition) is 3. The highest BCUT2D eigenvalue weighted by Gasteiger charge is 2.22. The van der Waals surface area contributed by atoms with Gasteiger partial charge in [0.05, 0.1) is 5.02 Å². The Morgan fingerprint density at radius 1 is 1.06 bits per heavy atom. The van der Waals surface area contributed by atoms with Crippen LogP contribution < -0.4 is 15.0 Å². The molecule has 11 heteroatoms. The van der Waals surface area contributed by atoms with Crippen LogP contribution in [0.5, 0.6) is 11.8 Å². The highest BCUT2D eigenvalue weighted by atomic mass is 35.5. The molecule has 176 valence electrons. The average Bonchev–Trinajstić information content (AvgIpc) is 3.40. The lowest BCUT2D eigenvalue weighted by Crippen LogP contribution is -2.48. The van der Waals surface area contributed by atoms with Gasteiger partial charge in [0.25, 0.3) is 0 Å². The molecule has 34 heavy (non-hydrogen) atoms. The van der Waals surface area contributed by atoms with E-state index in [-0.39, 0.29) is 11.9 Å². The van der Waals surface area contributed by atoms with Crippen molar-refractivity contribution in [3.8, 4) is 11.8 Å². The molecule has 4 aromatic rings. The summed E-state index contributed by atoms with van der Waals surface area (Å²) >= 11 is 6.63. The molecule has 0 unspecified atom stereocenters. The van der Waals surface area contributed by atoms with Gasteiger partial charge in [0, 0.05) is 67.5 Å². The standard InChI is InChI=1S/C23H25ClN8O2/c1-13-10-16-17(25-13)4-5-18(22(16)24)34-23-27-19(26-20-11-14(2)29-30-20)12-21(28-23)32-8-6-31(7-9-32)15(3)33/h4-5,10-12,25H,6-9H2,1-3H3,(H2,26,27,28,29,30). The van der Waals surface area contributed by atoms with E-state index in [1.807, 2.05) is 43.0 Å². The molecule has 0 spiro atoms. The van der Waals surface area contributed by atoms with E-state index in [4.69, 9.17) is 16.3 Å². The summed E-state index contributed by atoms with van der Waals surface area (Å²) in [6.45, 7) is 8.07. The number of carbonyl (C=O) groups is 1. The van der Waals surface area contributed by atoms with E-state index in [0.29, 0.717) is 54.4 Å². The number of hydrogen-bond acceptors (Lipinski definition) is 7. The minimum atomic E-state index is 0.0765. The zero-order valence-corrected chi connectivity index (χ0v) is 19.9. The average molecular weight is 481 g/mol. The second-order valence-electron chi connectivity index (χ2n) is 8.34. The Kier molecular flexibility index (Phi) is 5.74. The number of aromatic amines is 2. The number of carbonyl (C=O) groups excluding carboxylic acids is 1. The van der Waals surface area contributed by atoms with Crippen LogP contribution in [0.1, 0.15) is 18.3 Å². The van der Waals surface area contributed by atoms with E-state index < -0.39 is 0 Å². The van der Waals surface area contributed by atoms with Crippen molar-refractivity contribution in [1.29, 1.82) is 0 Å². The number of aromatic nitrogens is 5. The summed E-state index contributed by atoms with van der Waals surface area (Å²) in [7, 11) is 0. The monoisotopic (exact) mass is 480 g/mol. The first-order valence-corrected chi connectivity index (χ1v) is 11.4. The summed E-state index contributed by atoms with van der Waals surface area (Å²) in [4.78, 5) is 28.1. The Hall–Kier alpha value is -3.79. The number of benzene rings is 1. The van der Waals surface area contributed by atoms with Gasteiger partial charge in [-0.1, -0.05) is 11.6 Å². The fraction of sp³-hybridized carbons (Fsp3) is 0.304. The van der Waals surface area contributed by atoms with E-state index in [1.165, 1.54) is 0 Å². The number of nitrogens with zero attached hydrogens (tertiary/aromatic N) is 5. The first kappa shape index (κ1) is 22.0. The first-order chi connectivity index (χ1) is 16.4. The molecule has 0 atom stereocenters. The third-order valence-corrected chi connectivity index (χ3v) is 6.13. The molecule has 1 aromatic carbocycles. The molecule has 3 aromatic heterocycles. The van der Waals surface area contributed by atoms with Crippen LogP contribution in [-0.4, -0.2) is 62.1 Å². The third-order valence-electron chi connectivity index (χ3n) is 5.74. The molecule has 0 aliphatic carbocycles. The fourth-order valence-electron chi connectivity index (χ4n) is 4.01. The summed E-state index contributed by atoms with van der Waals surface area (Å²) in [6, 6.07) is 9.58. The molecule has 0 bridgehead atoms. The van der Waals surface area contributed by atoms with E-state index >= 15 is 0 Å². The molecule has 4 heterocycles. The van der Waals surface area contributed by atoms with Crippen molar-refractivity contribution < 1.29 is 9.53 Å². The molecule has 1 amide bonds. The number of halogens is 1. The van der Waals surface area contributed by atoms with E-state index in [9.17, 15) is 4.79 Å². The number of fused-ring (bicyclic) bond motifs is 1. The summed E-state index contributed by atoms with van der Waals surface area (Å²) < 4.78 is 6.07. The Labute approximate surface area is 201 Å². The number of ether oxygens (including phenoxy) is 1. The molecular formula is C23H25ClN8O2. The number of amides is 1. The zero-order chi connectivity index (χ0) is 23.8. The summed E-state index contributed by atoms with van der Waals surface area (Å²) in [5, 5.41) is 11.7. The van der Waals surface area contributed by atoms with Crippen LogP contribution in [0.15, 0.2) is 30.3 Å². The Bertz CT molecular complexity index is 1360. The van der Waals surface area contributed by atoms with Crippen molar-refractivity contribution in [2.45, 2.75) is 20.8 Å². The van der Waals surface area contributed by atoms with Crippen LogP contribution in [0.2, 0.25) is 5.02 Å². The van der Waals surface area contributed by atoms with Gasteiger partial charge in [-0.25, -0.2) is 0 Å². The van der Waals surface area contributed by atoms with Crippen molar-refractivity contribution in [2.75, 3.05) is 36.4 Å². The summed E-state index contributed by atoms with van der Waals surface area (Å²) in [6.07, 6.45) is 0. The topological polar surface area (TPSA) is 115 Å². The van der Waals surface area contributed by atoms with Crippen LogP contribution in [0.25, 0.3) is 10.9 Å². The maximum atomic E-state index is 11.7.